The Morgan fingerprint density at radius 3 is 3.04 bits per heavy atom. The van der Waals surface area contributed by atoms with Gasteiger partial charge in [-0.1, -0.05) is 18.2 Å². The molecule has 4 nitrogen and oxygen atoms in total. The molecule has 1 amide bonds. The minimum Gasteiger partial charge on any atom is -0.393 e. The van der Waals surface area contributed by atoms with Gasteiger partial charge in [-0.2, -0.15) is 0 Å². The SMILES string of the molecule is CC(O)C1CCCN(C(=O)/C=C/c2ccnc3ccccc23)C1. The molecule has 2 aromatic rings. The fraction of sp³-hybridized carbons (Fsp3) is 0.368. The van der Waals surface area contributed by atoms with Gasteiger partial charge in [-0.15, -0.1) is 0 Å². The number of piperidine rings is 1. The summed E-state index contributed by atoms with van der Waals surface area (Å²) in [6.07, 6.45) is 6.83. The van der Waals surface area contributed by atoms with Crippen molar-refractivity contribution in [3.05, 3.63) is 48.2 Å². The van der Waals surface area contributed by atoms with Crippen molar-refractivity contribution >= 4 is 22.9 Å². The molecular formula is C19H22N2O2. The van der Waals surface area contributed by atoms with E-state index in [0.717, 1.165) is 35.9 Å². The maximum absolute atomic E-state index is 12.4. The quantitative estimate of drug-likeness (QED) is 0.887. The van der Waals surface area contributed by atoms with Crippen LogP contribution in [0.3, 0.4) is 0 Å². The van der Waals surface area contributed by atoms with Crippen LogP contribution in [0.25, 0.3) is 17.0 Å². The molecule has 1 aromatic carbocycles. The van der Waals surface area contributed by atoms with Gasteiger partial charge in [0, 0.05) is 36.7 Å². The Bertz CT molecular complexity index is 719. The Labute approximate surface area is 136 Å². The van der Waals surface area contributed by atoms with E-state index in [-0.39, 0.29) is 17.9 Å². The second-order valence-electron chi connectivity index (χ2n) is 6.18. The molecule has 2 heterocycles. The molecule has 1 aliphatic heterocycles. The highest BCUT2D eigenvalue weighted by molar-refractivity contribution is 5.95. The van der Waals surface area contributed by atoms with E-state index >= 15 is 0 Å². The molecular weight excluding hydrogens is 288 g/mol. The van der Waals surface area contributed by atoms with Gasteiger partial charge >= 0.3 is 0 Å². The summed E-state index contributed by atoms with van der Waals surface area (Å²) in [5.74, 6) is 0.194. The molecule has 1 saturated heterocycles. The first-order valence-electron chi connectivity index (χ1n) is 8.14. The Morgan fingerprint density at radius 1 is 1.39 bits per heavy atom. The van der Waals surface area contributed by atoms with Crippen molar-refractivity contribution in [1.82, 2.24) is 9.88 Å². The predicted octanol–water partition coefficient (Wildman–Crippen LogP) is 2.87. The van der Waals surface area contributed by atoms with Gasteiger partial charge in [-0.3, -0.25) is 9.78 Å². The van der Waals surface area contributed by atoms with Gasteiger partial charge in [0.05, 0.1) is 11.6 Å². The lowest BCUT2D eigenvalue weighted by Crippen LogP contribution is -2.42. The molecule has 23 heavy (non-hydrogen) atoms. The Kier molecular flexibility index (Phi) is 4.72. The topological polar surface area (TPSA) is 53.4 Å². The van der Waals surface area contributed by atoms with E-state index in [1.165, 1.54) is 0 Å². The summed E-state index contributed by atoms with van der Waals surface area (Å²) < 4.78 is 0. The lowest BCUT2D eigenvalue weighted by Gasteiger charge is -2.33. The van der Waals surface area contributed by atoms with Crippen molar-refractivity contribution in [3.8, 4) is 0 Å². The van der Waals surface area contributed by atoms with Crippen molar-refractivity contribution in [3.63, 3.8) is 0 Å². The molecule has 1 aromatic heterocycles. The number of carbonyl (C=O) groups excluding carboxylic acids is 1. The molecule has 3 rings (SSSR count). The Balaban J connectivity index is 1.75. The third-order valence-electron chi connectivity index (χ3n) is 4.54. The number of aliphatic hydroxyl groups excluding tert-OH is 1. The highest BCUT2D eigenvalue weighted by atomic mass is 16.3. The molecule has 120 valence electrons. The summed E-state index contributed by atoms with van der Waals surface area (Å²) >= 11 is 0. The van der Waals surface area contributed by atoms with Gasteiger partial charge < -0.3 is 10.0 Å². The van der Waals surface area contributed by atoms with Gasteiger partial charge in [-0.25, -0.2) is 0 Å². The molecule has 1 N–H and O–H groups in total. The monoisotopic (exact) mass is 310 g/mol. The zero-order valence-electron chi connectivity index (χ0n) is 13.4. The number of amides is 1. The molecule has 0 aliphatic carbocycles. The smallest absolute Gasteiger partial charge is 0.246 e. The van der Waals surface area contributed by atoms with E-state index in [9.17, 15) is 9.90 Å². The van der Waals surface area contributed by atoms with E-state index in [1.54, 1.807) is 19.2 Å². The normalized spacial score (nSPS) is 20.1. The van der Waals surface area contributed by atoms with E-state index in [1.807, 2.05) is 41.3 Å². The van der Waals surface area contributed by atoms with Crippen LogP contribution in [-0.4, -0.2) is 40.1 Å². The van der Waals surface area contributed by atoms with Crippen LogP contribution in [0.2, 0.25) is 0 Å². The molecule has 0 saturated carbocycles. The van der Waals surface area contributed by atoms with Crippen LogP contribution in [-0.2, 0) is 4.79 Å². The first-order chi connectivity index (χ1) is 11.1. The average molecular weight is 310 g/mol. The summed E-state index contributed by atoms with van der Waals surface area (Å²) in [7, 11) is 0. The maximum atomic E-state index is 12.4. The molecule has 1 aliphatic rings. The van der Waals surface area contributed by atoms with E-state index in [2.05, 4.69) is 4.98 Å². The van der Waals surface area contributed by atoms with Crippen molar-refractivity contribution < 1.29 is 9.90 Å². The zero-order chi connectivity index (χ0) is 16.2. The second kappa shape index (κ2) is 6.92. The van der Waals surface area contributed by atoms with E-state index in [4.69, 9.17) is 0 Å². The van der Waals surface area contributed by atoms with Crippen LogP contribution in [0.5, 0.6) is 0 Å². The van der Waals surface area contributed by atoms with Crippen LogP contribution in [0.1, 0.15) is 25.3 Å². The molecule has 0 radical (unpaired) electrons. The average Bonchev–Trinajstić information content (AvgIpc) is 2.59. The van der Waals surface area contributed by atoms with Crippen molar-refractivity contribution in [1.29, 1.82) is 0 Å². The van der Waals surface area contributed by atoms with Crippen molar-refractivity contribution in [2.45, 2.75) is 25.9 Å². The first kappa shape index (κ1) is 15.7. The summed E-state index contributed by atoms with van der Waals surface area (Å²) in [5.41, 5.74) is 1.92. The van der Waals surface area contributed by atoms with Gasteiger partial charge in [0.25, 0.3) is 0 Å². The number of aliphatic hydroxyl groups is 1. The maximum Gasteiger partial charge on any atom is 0.246 e. The summed E-state index contributed by atoms with van der Waals surface area (Å²) in [6.45, 7) is 3.21. The summed E-state index contributed by atoms with van der Waals surface area (Å²) in [6, 6.07) is 9.82. The molecule has 4 heteroatoms. The van der Waals surface area contributed by atoms with Crippen LogP contribution in [0.4, 0.5) is 0 Å². The second-order valence-corrected chi connectivity index (χ2v) is 6.18. The van der Waals surface area contributed by atoms with E-state index < -0.39 is 0 Å². The number of benzene rings is 1. The largest absolute Gasteiger partial charge is 0.393 e. The van der Waals surface area contributed by atoms with Gasteiger partial charge in [0.1, 0.15) is 0 Å². The highest BCUT2D eigenvalue weighted by Gasteiger charge is 2.25. The standard InChI is InChI=1S/C19H22N2O2/c1-14(22)16-5-4-12-21(13-16)19(23)9-8-15-10-11-20-18-7-3-2-6-17(15)18/h2-3,6-11,14,16,22H,4-5,12-13H2,1H3/b9-8+. The number of fused-ring (bicyclic) bond motifs is 1. The number of nitrogens with zero attached hydrogens (tertiary/aromatic N) is 2. The van der Waals surface area contributed by atoms with E-state index in [0.29, 0.717) is 6.54 Å². The lowest BCUT2D eigenvalue weighted by atomic mass is 9.93. The number of rotatable bonds is 3. The number of pyridine rings is 1. The third kappa shape index (κ3) is 3.59. The minimum atomic E-state index is -0.362. The predicted molar refractivity (Wildman–Crippen MR) is 91.8 cm³/mol. The minimum absolute atomic E-state index is 0.0104. The van der Waals surface area contributed by atoms with Crippen LogP contribution >= 0.6 is 0 Å². The highest BCUT2D eigenvalue weighted by Crippen LogP contribution is 2.21. The first-order valence-corrected chi connectivity index (χ1v) is 8.14. The number of carbonyl (C=O) groups is 1. The number of hydrogen-bond acceptors (Lipinski definition) is 3. The molecule has 1 fully saturated rings. The zero-order valence-corrected chi connectivity index (χ0v) is 13.4. The molecule has 2 atom stereocenters. The molecule has 0 bridgehead atoms. The number of hydrogen-bond donors (Lipinski definition) is 1. The number of likely N-dealkylation sites (tertiary alicyclic amines) is 1. The van der Waals surface area contributed by atoms with Gasteiger partial charge in [0.2, 0.25) is 5.91 Å². The van der Waals surface area contributed by atoms with Crippen LogP contribution in [0, 0.1) is 5.92 Å². The fourth-order valence-corrected chi connectivity index (χ4v) is 3.13. The van der Waals surface area contributed by atoms with Crippen molar-refractivity contribution in [2.24, 2.45) is 5.92 Å². The Hall–Kier alpha value is -2.20. The summed E-state index contributed by atoms with van der Waals surface area (Å²) in [4.78, 5) is 18.6. The van der Waals surface area contributed by atoms with Gasteiger partial charge in [-0.05, 0) is 43.5 Å². The van der Waals surface area contributed by atoms with Crippen LogP contribution < -0.4 is 0 Å². The molecule has 2 unspecified atom stereocenters. The lowest BCUT2D eigenvalue weighted by molar-refractivity contribution is -0.128. The Morgan fingerprint density at radius 2 is 2.22 bits per heavy atom. The van der Waals surface area contributed by atoms with Gasteiger partial charge in [0.15, 0.2) is 0 Å². The molecule has 0 spiro atoms. The number of para-hydroxylation sites is 1. The summed E-state index contributed by atoms with van der Waals surface area (Å²) in [5, 5.41) is 10.8. The van der Waals surface area contributed by atoms with Crippen molar-refractivity contribution in [2.75, 3.05) is 13.1 Å². The fourth-order valence-electron chi connectivity index (χ4n) is 3.13. The third-order valence-corrected chi connectivity index (χ3v) is 4.54. The number of aromatic nitrogens is 1. The van der Waals surface area contributed by atoms with Crippen LogP contribution in [0.15, 0.2) is 42.6 Å².